The van der Waals surface area contributed by atoms with E-state index in [1.165, 1.54) is 18.8 Å². The Hall–Kier alpha value is -0.650. The highest BCUT2D eigenvalue weighted by atomic mass is 31.2. The van der Waals surface area contributed by atoms with E-state index < -0.39 is 7.29 Å². The molecule has 9 heavy (non-hydrogen) atoms. The van der Waals surface area contributed by atoms with Crippen LogP contribution in [0, 0.1) is 0 Å². The maximum Gasteiger partial charge on any atom is 0.241 e. The van der Waals surface area contributed by atoms with E-state index >= 15 is 0 Å². The Balaban J connectivity index is 4.19. The molecule has 0 saturated heterocycles. The fourth-order valence-electron chi connectivity index (χ4n) is 0.367. The van der Waals surface area contributed by atoms with Gasteiger partial charge >= 0.3 is 0 Å². The molecule has 0 saturated carbocycles. The largest absolute Gasteiger partial charge is 0.298 e. The smallest absolute Gasteiger partial charge is 0.241 e. The van der Waals surface area contributed by atoms with Crippen molar-refractivity contribution in [3.8, 4) is 0 Å². The van der Waals surface area contributed by atoms with Gasteiger partial charge in [-0.3, -0.25) is 4.57 Å². The summed E-state index contributed by atoms with van der Waals surface area (Å²) in [5.41, 5.74) is 0. The molecule has 0 rings (SSSR count). The van der Waals surface area contributed by atoms with Crippen LogP contribution in [-0.4, -0.2) is 18.9 Å². The third-order valence-electron chi connectivity index (χ3n) is 0.720. The first-order chi connectivity index (χ1) is 4.12. The topological polar surface area (TPSA) is 46.5 Å². The van der Waals surface area contributed by atoms with Crippen LogP contribution < -0.4 is 0 Å². The van der Waals surface area contributed by atoms with E-state index in [1.54, 1.807) is 0 Å². The van der Waals surface area contributed by atoms with Gasteiger partial charge in [0.25, 0.3) is 0 Å². The molecular formula is C5H8NO2P. The van der Waals surface area contributed by atoms with Gasteiger partial charge in [0.15, 0.2) is 0 Å². The zero-order valence-corrected chi connectivity index (χ0v) is 6.10. The molecule has 0 aromatic rings. The van der Waals surface area contributed by atoms with E-state index in [0.717, 1.165) is 0 Å². The third-order valence-corrected chi connectivity index (χ3v) is 2.16. The van der Waals surface area contributed by atoms with Gasteiger partial charge in [-0.15, -0.1) is 11.3 Å². The Morgan fingerprint density at radius 2 is 2.44 bits per heavy atom. The molecule has 1 unspecified atom stereocenters. The monoisotopic (exact) mass is 145 g/mol. The van der Waals surface area contributed by atoms with Crippen LogP contribution in [0.1, 0.15) is 0 Å². The van der Waals surface area contributed by atoms with E-state index in [2.05, 4.69) is 11.3 Å². The summed E-state index contributed by atoms with van der Waals surface area (Å²) in [7, 11) is -2.61. The van der Waals surface area contributed by atoms with Gasteiger partial charge < -0.3 is 0 Å². The SMILES string of the molecule is C=CCP(C)(=O)N=C=O. The molecule has 0 aliphatic rings. The first-order valence-corrected chi connectivity index (χ1v) is 4.68. The molecule has 50 valence electrons. The lowest BCUT2D eigenvalue weighted by atomic mass is 10.8. The van der Waals surface area contributed by atoms with E-state index in [9.17, 15) is 9.36 Å². The van der Waals surface area contributed by atoms with Crippen molar-refractivity contribution in [1.82, 2.24) is 0 Å². The van der Waals surface area contributed by atoms with E-state index in [-0.39, 0.29) is 6.16 Å². The van der Waals surface area contributed by atoms with Crippen LogP contribution in [0.15, 0.2) is 17.4 Å². The zero-order chi connectivity index (χ0) is 7.33. The predicted octanol–water partition coefficient (Wildman–Crippen LogP) is 1.42. The highest BCUT2D eigenvalue weighted by Gasteiger charge is 2.08. The number of allylic oxidation sites excluding steroid dienone is 1. The Bertz CT molecular complexity index is 193. The predicted molar refractivity (Wildman–Crippen MR) is 36.7 cm³/mol. The molecule has 0 bridgehead atoms. The van der Waals surface area contributed by atoms with Gasteiger partial charge in [0.1, 0.15) is 0 Å². The van der Waals surface area contributed by atoms with Crippen molar-refractivity contribution in [3.05, 3.63) is 12.7 Å². The van der Waals surface area contributed by atoms with Gasteiger partial charge in [-0.1, -0.05) is 6.08 Å². The van der Waals surface area contributed by atoms with Crippen molar-refractivity contribution in [3.63, 3.8) is 0 Å². The minimum absolute atomic E-state index is 0.266. The summed E-state index contributed by atoms with van der Waals surface area (Å²) in [6.45, 7) is 4.78. The van der Waals surface area contributed by atoms with Gasteiger partial charge in [0.2, 0.25) is 13.4 Å². The molecule has 0 aromatic heterocycles. The van der Waals surface area contributed by atoms with Crippen molar-refractivity contribution >= 4 is 13.4 Å². The van der Waals surface area contributed by atoms with Crippen molar-refractivity contribution in [2.45, 2.75) is 0 Å². The zero-order valence-electron chi connectivity index (χ0n) is 5.20. The Kier molecular flexibility index (Phi) is 3.15. The number of hydrogen-bond acceptors (Lipinski definition) is 2. The van der Waals surface area contributed by atoms with Crippen molar-refractivity contribution in [2.75, 3.05) is 12.8 Å². The summed E-state index contributed by atoms with van der Waals surface area (Å²) >= 11 is 0. The lowest BCUT2D eigenvalue weighted by molar-refractivity contribution is 0.562. The summed E-state index contributed by atoms with van der Waals surface area (Å²) in [5, 5.41) is 0. The molecule has 4 heteroatoms. The minimum atomic E-state index is -2.61. The average molecular weight is 145 g/mol. The molecule has 0 fully saturated rings. The molecule has 0 spiro atoms. The standard InChI is InChI=1S/C5H8NO2P/c1-3-4-9(2,8)6-5-7/h3H,1,4H2,2H3. The fraction of sp³-hybridized carbons (Fsp3) is 0.400. The molecule has 0 amide bonds. The Morgan fingerprint density at radius 3 is 2.78 bits per heavy atom. The van der Waals surface area contributed by atoms with Crippen molar-refractivity contribution in [2.24, 2.45) is 4.76 Å². The highest BCUT2D eigenvalue weighted by Crippen LogP contribution is 2.41. The van der Waals surface area contributed by atoms with Crippen LogP contribution in [0.3, 0.4) is 0 Å². The van der Waals surface area contributed by atoms with Gasteiger partial charge in [0.05, 0.1) is 0 Å². The van der Waals surface area contributed by atoms with Crippen LogP contribution in [0.2, 0.25) is 0 Å². The Morgan fingerprint density at radius 1 is 1.89 bits per heavy atom. The second-order valence-corrected chi connectivity index (χ2v) is 4.38. The maximum absolute atomic E-state index is 10.9. The number of carbonyl (C=O) groups excluding carboxylic acids is 1. The molecule has 1 atom stereocenters. The van der Waals surface area contributed by atoms with Crippen molar-refractivity contribution < 1.29 is 9.36 Å². The number of isocyanates is 1. The first-order valence-electron chi connectivity index (χ1n) is 2.39. The average Bonchev–Trinajstić information content (AvgIpc) is 1.64. The molecule has 0 radical (unpaired) electrons. The van der Waals surface area contributed by atoms with Crippen LogP contribution in [-0.2, 0) is 9.36 Å². The summed E-state index contributed by atoms with van der Waals surface area (Å²) in [4.78, 5) is 9.60. The summed E-state index contributed by atoms with van der Waals surface area (Å²) in [6.07, 6.45) is 3.00. The number of hydrogen-bond donors (Lipinski definition) is 0. The molecule has 0 N–H and O–H groups in total. The summed E-state index contributed by atoms with van der Waals surface area (Å²) < 4.78 is 14.0. The molecular weight excluding hydrogens is 137 g/mol. The minimum Gasteiger partial charge on any atom is -0.298 e. The molecule has 3 nitrogen and oxygen atoms in total. The number of nitrogens with zero attached hydrogens (tertiary/aromatic N) is 1. The van der Waals surface area contributed by atoms with Crippen LogP contribution in [0.4, 0.5) is 0 Å². The van der Waals surface area contributed by atoms with Gasteiger partial charge in [-0.2, -0.15) is 0 Å². The molecule has 0 aliphatic heterocycles. The number of rotatable bonds is 3. The van der Waals surface area contributed by atoms with Gasteiger partial charge in [-0.05, 0) is 0 Å². The summed E-state index contributed by atoms with van der Waals surface area (Å²) in [5.74, 6) is 0. The maximum atomic E-state index is 10.9. The highest BCUT2D eigenvalue weighted by molar-refractivity contribution is 7.62. The van der Waals surface area contributed by atoms with Crippen molar-refractivity contribution in [1.29, 1.82) is 0 Å². The van der Waals surface area contributed by atoms with E-state index in [4.69, 9.17) is 0 Å². The second kappa shape index (κ2) is 3.39. The molecule has 0 heterocycles. The molecule has 0 aromatic carbocycles. The third kappa shape index (κ3) is 3.89. The van der Waals surface area contributed by atoms with Gasteiger partial charge in [0, 0.05) is 12.8 Å². The Labute approximate surface area is 53.9 Å². The van der Waals surface area contributed by atoms with E-state index in [1.807, 2.05) is 0 Å². The van der Waals surface area contributed by atoms with Gasteiger partial charge in [-0.25, -0.2) is 4.79 Å². The normalized spacial score (nSPS) is 15.2. The first kappa shape index (κ1) is 8.35. The molecule has 0 aliphatic carbocycles. The van der Waals surface area contributed by atoms with Crippen LogP contribution in [0.5, 0.6) is 0 Å². The lowest BCUT2D eigenvalue weighted by Gasteiger charge is -1.96. The summed E-state index contributed by atoms with van der Waals surface area (Å²) in [6, 6.07) is 0. The second-order valence-electron chi connectivity index (χ2n) is 1.71. The van der Waals surface area contributed by atoms with Crippen LogP contribution in [0.25, 0.3) is 0 Å². The van der Waals surface area contributed by atoms with E-state index in [0.29, 0.717) is 0 Å². The quantitative estimate of drug-likeness (QED) is 0.261. The van der Waals surface area contributed by atoms with Crippen LogP contribution >= 0.6 is 7.29 Å². The lowest BCUT2D eigenvalue weighted by Crippen LogP contribution is -1.77. The fourth-order valence-corrected chi connectivity index (χ4v) is 1.10.